The molecule has 0 radical (unpaired) electrons. The van der Waals surface area contributed by atoms with Crippen LogP contribution in [0.25, 0.3) is 0 Å². The summed E-state index contributed by atoms with van der Waals surface area (Å²) in [5.41, 5.74) is 5.68. The van der Waals surface area contributed by atoms with Gasteiger partial charge in [0.05, 0.1) is 23.2 Å². The number of imidazole rings is 1. The van der Waals surface area contributed by atoms with Crippen molar-refractivity contribution in [1.29, 1.82) is 0 Å². The van der Waals surface area contributed by atoms with Crippen molar-refractivity contribution in [1.82, 2.24) is 50.1 Å². The van der Waals surface area contributed by atoms with E-state index in [2.05, 4.69) is 74.5 Å². The van der Waals surface area contributed by atoms with E-state index >= 15 is 0 Å². The first-order chi connectivity index (χ1) is 31.0. The molecule has 9 aromatic heterocycles. The lowest BCUT2D eigenvalue weighted by Gasteiger charge is -1.82. The number of nitrogens with zero attached hydrogens (tertiary/aromatic N) is 8. The standard InChI is InChI=1S/3C6H7N.C6H6.C5H6N2.C5H6O.C5H6S.2C4H6N2.C4H5NS/c1-6-2-4-7-5-3-6;1-6-3-2-4-7-5-6;1-6-4-2-3-5-7-6;1-2-4-6-5-3-1;1-5-4-6-2-3-7-5;2*1-5-3-2-4-6-5;1-4-2-5-6-3-4;2*1-4-5-2-3-6-4/h3*2-5H,1H3;1-6H;2-4H,1H3;2*2-4H,1H3;2*2-3H,1H3,(H,5,6);2-3H,1H3. The summed E-state index contributed by atoms with van der Waals surface area (Å²) in [7, 11) is 0. The van der Waals surface area contributed by atoms with Crippen LogP contribution < -0.4 is 0 Å². The monoisotopic (exact) mass is 894 g/mol. The smallest absolute Gasteiger partial charge is 0.102 e. The minimum atomic E-state index is 0.961. The van der Waals surface area contributed by atoms with Crippen molar-refractivity contribution < 1.29 is 4.42 Å². The van der Waals surface area contributed by atoms with Gasteiger partial charge in [0.1, 0.15) is 11.6 Å². The lowest BCUT2D eigenvalue weighted by Crippen LogP contribution is -1.77. The SMILES string of the molecule is Cc1ccccn1.Cc1cccnc1.Cc1ccco1.Cc1cccs1.Cc1ccncc1.Cc1cn[nH]c1.Cc1cnccn1.Cc1ncc[nH]1.Cc1nccs1.c1ccccc1. The molecule has 10 rings (SSSR count). The van der Waals surface area contributed by atoms with Crippen LogP contribution in [0.4, 0.5) is 0 Å². The highest BCUT2D eigenvalue weighted by Gasteiger charge is 1.79. The molecule has 0 fully saturated rings. The molecule has 0 spiro atoms. The Balaban J connectivity index is 0.000000356. The summed E-state index contributed by atoms with van der Waals surface area (Å²) in [5.74, 6) is 1.94. The van der Waals surface area contributed by atoms with Gasteiger partial charge in [-0.25, -0.2) is 4.98 Å². The average Bonchev–Trinajstić information content (AvgIpc) is 4.20. The maximum Gasteiger partial charge on any atom is 0.102 e. The quantitative estimate of drug-likeness (QED) is 0.152. The molecular weight excluding hydrogens is 833 g/mol. The Morgan fingerprint density at radius 1 is 0.453 bits per heavy atom. The lowest BCUT2D eigenvalue weighted by molar-refractivity contribution is 0.534. The van der Waals surface area contributed by atoms with E-state index in [9.17, 15) is 0 Å². The first-order valence-corrected chi connectivity index (χ1v) is 21.9. The second-order valence-electron chi connectivity index (χ2n) is 13.0. The van der Waals surface area contributed by atoms with Gasteiger partial charge in [0.15, 0.2) is 0 Å². The molecule has 0 saturated carbocycles. The number of furan rings is 1. The molecule has 334 valence electrons. The van der Waals surface area contributed by atoms with Crippen LogP contribution in [0, 0.1) is 62.3 Å². The maximum atomic E-state index is 4.83. The summed E-state index contributed by atoms with van der Waals surface area (Å²) < 4.78 is 4.83. The van der Waals surface area contributed by atoms with Gasteiger partial charge >= 0.3 is 0 Å². The summed E-state index contributed by atoms with van der Waals surface area (Å²) in [6.07, 6.45) is 24.6. The molecule has 0 unspecified atom stereocenters. The van der Waals surface area contributed by atoms with E-state index in [0.717, 1.165) is 28.0 Å². The number of thiophene rings is 1. The second kappa shape index (κ2) is 38.7. The fourth-order valence-electron chi connectivity index (χ4n) is 3.76. The summed E-state index contributed by atoms with van der Waals surface area (Å²) in [5, 5.41) is 11.6. The van der Waals surface area contributed by atoms with E-state index in [-0.39, 0.29) is 0 Å². The number of aryl methyl sites for hydroxylation is 9. The summed E-state index contributed by atoms with van der Waals surface area (Å²) in [4.78, 5) is 31.5. The average molecular weight is 895 g/mol. The van der Waals surface area contributed by atoms with Crippen LogP contribution in [0.3, 0.4) is 0 Å². The third kappa shape index (κ3) is 36.6. The molecule has 0 aliphatic rings. The Kier molecular flexibility index (Phi) is 33.1. The molecule has 10 aromatic rings. The number of rotatable bonds is 0. The zero-order chi connectivity index (χ0) is 46.7. The van der Waals surface area contributed by atoms with Crippen LogP contribution >= 0.6 is 22.7 Å². The molecule has 13 heteroatoms. The van der Waals surface area contributed by atoms with Crippen molar-refractivity contribution in [2.45, 2.75) is 62.3 Å². The molecule has 0 amide bonds. The number of thiazole rings is 1. The van der Waals surface area contributed by atoms with E-state index in [4.69, 9.17) is 4.42 Å². The molecule has 11 nitrogen and oxygen atoms in total. The third-order valence-electron chi connectivity index (χ3n) is 6.98. The molecule has 0 aliphatic carbocycles. The van der Waals surface area contributed by atoms with Gasteiger partial charge in [0.2, 0.25) is 0 Å². The van der Waals surface area contributed by atoms with Crippen LogP contribution in [-0.2, 0) is 0 Å². The summed E-state index contributed by atoms with van der Waals surface area (Å²) in [6.45, 7) is 17.9. The fraction of sp³-hybridized carbons (Fsp3) is 0.176. The van der Waals surface area contributed by atoms with Crippen LogP contribution in [0.1, 0.15) is 49.5 Å². The van der Waals surface area contributed by atoms with Gasteiger partial charge < -0.3 is 9.40 Å². The molecule has 2 N–H and O–H groups in total. The van der Waals surface area contributed by atoms with Crippen molar-refractivity contribution in [3.63, 3.8) is 0 Å². The van der Waals surface area contributed by atoms with Crippen molar-refractivity contribution in [3.05, 3.63) is 250 Å². The third-order valence-corrected chi connectivity index (χ3v) is 8.49. The molecule has 0 atom stereocenters. The Labute approximate surface area is 388 Å². The van der Waals surface area contributed by atoms with Gasteiger partial charge in [0.25, 0.3) is 0 Å². The van der Waals surface area contributed by atoms with Gasteiger partial charge in [0, 0.05) is 90.3 Å². The highest BCUT2D eigenvalue weighted by Crippen LogP contribution is 2.03. The first-order valence-electron chi connectivity index (χ1n) is 20.2. The molecule has 1 aromatic carbocycles. The van der Waals surface area contributed by atoms with E-state index in [1.165, 1.54) is 21.6 Å². The molecule has 9 heterocycles. The van der Waals surface area contributed by atoms with Crippen molar-refractivity contribution >= 4 is 22.7 Å². The summed E-state index contributed by atoms with van der Waals surface area (Å²) >= 11 is 3.44. The van der Waals surface area contributed by atoms with Crippen molar-refractivity contribution in [2.75, 3.05) is 0 Å². The molecule has 64 heavy (non-hydrogen) atoms. The van der Waals surface area contributed by atoms with E-state index in [1.807, 2.05) is 164 Å². The number of hydrogen-bond acceptors (Lipinski definition) is 11. The largest absolute Gasteiger partial charge is 0.470 e. The number of nitrogens with one attached hydrogen (secondary N) is 2. The van der Waals surface area contributed by atoms with E-state index < -0.39 is 0 Å². The van der Waals surface area contributed by atoms with Crippen molar-refractivity contribution in [3.8, 4) is 0 Å². The molecular formula is C51H62N10OS2. The highest BCUT2D eigenvalue weighted by atomic mass is 32.1. The Bertz CT molecular complexity index is 1970. The van der Waals surface area contributed by atoms with E-state index in [1.54, 1.807) is 97.1 Å². The second-order valence-corrected chi connectivity index (χ2v) is 15.2. The van der Waals surface area contributed by atoms with Gasteiger partial charge in [-0.2, -0.15) is 5.10 Å². The fourth-order valence-corrected chi connectivity index (χ4v) is 4.73. The maximum absolute atomic E-state index is 4.83. The molecule has 0 saturated heterocycles. The number of H-pyrrole nitrogens is 2. The molecule has 0 aliphatic heterocycles. The van der Waals surface area contributed by atoms with Crippen LogP contribution in [0.5, 0.6) is 0 Å². The minimum absolute atomic E-state index is 0.961. The van der Waals surface area contributed by atoms with Crippen LogP contribution in [-0.4, -0.2) is 50.1 Å². The number of benzene rings is 1. The van der Waals surface area contributed by atoms with E-state index in [0.29, 0.717) is 0 Å². The van der Waals surface area contributed by atoms with Gasteiger partial charge in [-0.3, -0.25) is 35.0 Å². The van der Waals surface area contributed by atoms with Crippen LogP contribution in [0.2, 0.25) is 0 Å². The van der Waals surface area contributed by atoms with Gasteiger partial charge in [-0.1, -0.05) is 54.6 Å². The number of pyridine rings is 3. The molecule has 0 bridgehead atoms. The predicted molar refractivity (Wildman–Crippen MR) is 266 cm³/mol. The zero-order valence-electron chi connectivity index (χ0n) is 38.4. The van der Waals surface area contributed by atoms with Crippen molar-refractivity contribution in [2.24, 2.45) is 0 Å². The number of aromatic amines is 2. The van der Waals surface area contributed by atoms with Crippen LogP contribution in [0.15, 0.2) is 205 Å². The Hall–Kier alpha value is -7.22. The topological polar surface area (TPSA) is 148 Å². The van der Waals surface area contributed by atoms with Gasteiger partial charge in [-0.05, 0) is 133 Å². The number of aromatic nitrogens is 10. The predicted octanol–water partition coefficient (Wildman–Crippen LogP) is 13.2. The summed E-state index contributed by atoms with van der Waals surface area (Å²) in [6, 6.07) is 33.7. The zero-order valence-corrected chi connectivity index (χ0v) is 40.0. The Morgan fingerprint density at radius 3 is 1.39 bits per heavy atom. The highest BCUT2D eigenvalue weighted by molar-refractivity contribution is 7.09. The normalized spacial score (nSPS) is 8.70. The minimum Gasteiger partial charge on any atom is -0.470 e. The Morgan fingerprint density at radius 2 is 1.17 bits per heavy atom. The lowest BCUT2D eigenvalue weighted by atomic mass is 10.3. The first kappa shape index (κ1) is 54.8. The van der Waals surface area contributed by atoms with Gasteiger partial charge in [-0.15, -0.1) is 22.7 Å². The number of hydrogen-bond donors (Lipinski definition) is 2.